The van der Waals surface area contributed by atoms with Gasteiger partial charge < -0.3 is 10.2 Å². The third-order valence-electron chi connectivity index (χ3n) is 4.79. The van der Waals surface area contributed by atoms with Crippen molar-refractivity contribution in [1.82, 2.24) is 10.2 Å². The summed E-state index contributed by atoms with van der Waals surface area (Å²) in [5.74, 6) is 0.906. The van der Waals surface area contributed by atoms with Crippen LogP contribution in [0, 0.1) is 11.3 Å². The molecule has 1 aliphatic rings. The Morgan fingerprint density at radius 3 is 2.58 bits per heavy atom. The highest BCUT2D eigenvalue weighted by atomic mass is 15.2. The van der Waals surface area contributed by atoms with Crippen molar-refractivity contribution >= 4 is 0 Å². The SMILES string of the molecule is CCCNCC1(CN(CC)C(C)C)CCCC(C)C1. The standard InChI is InChI=1S/C17H36N2/c1-6-11-18-13-17(10-8-9-16(5)12-17)14-19(7-2)15(3)4/h15-16,18H,6-14H2,1-5H3. The van der Waals surface area contributed by atoms with E-state index in [1.807, 2.05) is 0 Å². The zero-order valence-electron chi connectivity index (χ0n) is 14.0. The van der Waals surface area contributed by atoms with E-state index >= 15 is 0 Å². The quantitative estimate of drug-likeness (QED) is 0.671. The van der Waals surface area contributed by atoms with E-state index in [1.165, 1.54) is 58.3 Å². The minimum atomic E-state index is 0.521. The van der Waals surface area contributed by atoms with Crippen LogP contribution in [0.2, 0.25) is 0 Å². The van der Waals surface area contributed by atoms with Crippen LogP contribution >= 0.6 is 0 Å². The molecule has 1 saturated carbocycles. The molecule has 0 radical (unpaired) electrons. The van der Waals surface area contributed by atoms with E-state index in [4.69, 9.17) is 0 Å². The summed E-state index contributed by atoms with van der Waals surface area (Å²) in [5, 5.41) is 3.71. The summed E-state index contributed by atoms with van der Waals surface area (Å²) in [6, 6.07) is 0.672. The monoisotopic (exact) mass is 268 g/mol. The Kier molecular flexibility index (Phi) is 7.38. The molecule has 2 unspecified atom stereocenters. The van der Waals surface area contributed by atoms with Gasteiger partial charge in [0.2, 0.25) is 0 Å². The highest BCUT2D eigenvalue weighted by Gasteiger charge is 2.36. The second-order valence-electron chi connectivity index (χ2n) is 7.04. The molecule has 0 aromatic carbocycles. The fraction of sp³-hybridized carbons (Fsp3) is 1.00. The summed E-state index contributed by atoms with van der Waals surface area (Å²) in [6.45, 7) is 16.5. The van der Waals surface area contributed by atoms with Crippen LogP contribution in [0.4, 0.5) is 0 Å². The first kappa shape index (κ1) is 17.0. The lowest BCUT2D eigenvalue weighted by atomic mass is 9.69. The summed E-state index contributed by atoms with van der Waals surface area (Å²) in [5.41, 5.74) is 0.521. The minimum absolute atomic E-state index is 0.521. The van der Waals surface area contributed by atoms with Crippen LogP contribution in [0.25, 0.3) is 0 Å². The zero-order chi connectivity index (χ0) is 14.3. The summed E-state index contributed by atoms with van der Waals surface area (Å²) in [4.78, 5) is 2.66. The van der Waals surface area contributed by atoms with Gasteiger partial charge in [-0.25, -0.2) is 0 Å². The van der Waals surface area contributed by atoms with Crippen LogP contribution in [0.3, 0.4) is 0 Å². The van der Waals surface area contributed by atoms with Gasteiger partial charge in [0.25, 0.3) is 0 Å². The first-order valence-electron chi connectivity index (χ1n) is 8.47. The average molecular weight is 268 g/mol. The van der Waals surface area contributed by atoms with Crippen LogP contribution in [0.5, 0.6) is 0 Å². The summed E-state index contributed by atoms with van der Waals surface area (Å²) < 4.78 is 0. The highest BCUT2D eigenvalue weighted by Crippen LogP contribution is 2.39. The Labute approximate surface area is 121 Å². The molecule has 1 aliphatic carbocycles. The number of hydrogen-bond donors (Lipinski definition) is 1. The van der Waals surface area contributed by atoms with Gasteiger partial charge >= 0.3 is 0 Å². The molecule has 0 aromatic rings. The molecular weight excluding hydrogens is 232 g/mol. The van der Waals surface area contributed by atoms with Crippen LogP contribution < -0.4 is 5.32 Å². The third-order valence-corrected chi connectivity index (χ3v) is 4.79. The second kappa shape index (κ2) is 8.26. The van der Waals surface area contributed by atoms with Crippen molar-refractivity contribution in [3.8, 4) is 0 Å². The molecule has 1 N–H and O–H groups in total. The Balaban J connectivity index is 2.67. The van der Waals surface area contributed by atoms with Crippen LogP contribution in [0.1, 0.15) is 66.7 Å². The maximum Gasteiger partial charge on any atom is 0.00528 e. The predicted octanol–water partition coefficient (Wildman–Crippen LogP) is 3.91. The molecule has 0 saturated heterocycles. The summed E-state index contributed by atoms with van der Waals surface area (Å²) >= 11 is 0. The first-order chi connectivity index (χ1) is 9.03. The van der Waals surface area contributed by atoms with Crippen molar-refractivity contribution in [2.24, 2.45) is 11.3 Å². The zero-order valence-corrected chi connectivity index (χ0v) is 14.0. The average Bonchev–Trinajstić information content (AvgIpc) is 2.36. The third kappa shape index (κ3) is 5.43. The van der Waals surface area contributed by atoms with Crippen LogP contribution in [-0.2, 0) is 0 Å². The first-order valence-corrected chi connectivity index (χ1v) is 8.47. The molecule has 114 valence electrons. The van der Waals surface area contributed by atoms with E-state index in [0.29, 0.717) is 11.5 Å². The summed E-state index contributed by atoms with van der Waals surface area (Å²) in [6.07, 6.45) is 6.92. The van der Waals surface area contributed by atoms with Gasteiger partial charge in [-0.15, -0.1) is 0 Å². The molecule has 2 nitrogen and oxygen atoms in total. The lowest BCUT2D eigenvalue weighted by molar-refractivity contribution is 0.0680. The second-order valence-corrected chi connectivity index (χ2v) is 7.04. The van der Waals surface area contributed by atoms with Crippen molar-refractivity contribution in [1.29, 1.82) is 0 Å². The topological polar surface area (TPSA) is 15.3 Å². The number of hydrogen-bond acceptors (Lipinski definition) is 2. The maximum absolute atomic E-state index is 3.71. The van der Waals surface area contributed by atoms with Crippen molar-refractivity contribution in [3.05, 3.63) is 0 Å². The Morgan fingerprint density at radius 1 is 1.32 bits per heavy atom. The van der Waals surface area contributed by atoms with E-state index in [2.05, 4.69) is 44.8 Å². The van der Waals surface area contributed by atoms with Crippen molar-refractivity contribution in [2.75, 3.05) is 26.2 Å². The molecule has 2 atom stereocenters. The van der Waals surface area contributed by atoms with E-state index in [0.717, 1.165) is 5.92 Å². The molecule has 0 aliphatic heterocycles. The van der Waals surface area contributed by atoms with Gasteiger partial charge in [-0.3, -0.25) is 0 Å². The van der Waals surface area contributed by atoms with Gasteiger partial charge in [0, 0.05) is 19.1 Å². The molecule has 19 heavy (non-hydrogen) atoms. The molecule has 2 heteroatoms. The molecule has 1 fully saturated rings. The Bertz CT molecular complexity index is 239. The van der Waals surface area contributed by atoms with Gasteiger partial charge in [0.05, 0.1) is 0 Å². The fourth-order valence-electron chi connectivity index (χ4n) is 3.75. The predicted molar refractivity (Wildman–Crippen MR) is 85.6 cm³/mol. The van der Waals surface area contributed by atoms with Gasteiger partial charge in [-0.2, -0.15) is 0 Å². The normalized spacial score (nSPS) is 28.3. The van der Waals surface area contributed by atoms with E-state index in [1.54, 1.807) is 0 Å². The van der Waals surface area contributed by atoms with Gasteiger partial charge in [0.1, 0.15) is 0 Å². The van der Waals surface area contributed by atoms with Crippen molar-refractivity contribution in [3.63, 3.8) is 0 Å². The Hall–Kier alpha value is -0.0800. The van der Waals surface area contributed by atoms with Gasteiger partial charge in [-0.05, 0) is 57.5 Å². The van der Waals surface area contributed by atoms with Crippen molar-refractivity contribution in [2.45, 2.75) is 72.8 Å². The number of nitrogens with zero attached hydrogens (tertiary/aromatic N) is 1. The Morgan fingerprint density at radius 2 is 2.05 bits per heavy atom. The van der Waals surface area contributed by atoms with Crippen molar-refractivity contribution < 1.29 is 0 Å². The van der Waals surface area contributed by atoms with E-state index in [9.17, 15) is 0 Å². The summed E-state index contributed by atoms with van der Waals surface area (Å²) in [7, 11) is 0. The lowest BCUT2D eigenvalue weighted by Crippen LogP contribution is -2.48. The molecule has 1 rings (SSSR count). The maximum atomic E-state index is 3.71. The molecular formula is C17H36N2. The smallest absolute Gasteiger partial charge is 0.00528 e. The molecule has 0 bridgehead atoms. The van der Waals surface area contributed by atoms with E-state index < -0.39 is 0 Å². The number of nitrogens with one attached hydrogen (secondary N) is 1. The highest BCUT2D eigenvalue weighted by molar-refractivity contribution is 4.90. The van der Waals surface area contributed by atoms with Gasteiger partial charge in [0.15, 0.2) is 0 Å². The van der Waals surface area contributed by atoms with Crippen LogP contribution in [0.15, 0.2) is 0 Å². The molecule has 0 aromatic heterocycles. The fourth-order valence-corrected chi connectivity index (χ4v) is 3.75. The molecule has 0 spiro atoms. The van der Waals surface area contributed by atoms with E-state index in [-0.39, 0.29) is 0 Å². The van der Waals surface area contributed by atoms with Crippen LogP contribution in [-0.4, -0.2) is 37.1 Å². The molecule has 0 heterocycles. The largest absolute Gasteiger partial charge is 0.316 e. The van der Waals surface area contributed by atoms with Gasteiger partial charge in [-0.1, -0.05) is 33.6 Å². The number of rotatable bonds is 8. The minimum Gasteiger partial charge on any atom is -0.316 e. The molecule has 0 amide bonds. The lowest BCUT2D eigenvalue weighted by Gasteiger charge is -2.44.